The maximum Gasteiger partial charge on any atom is 0.322 e. The van der Waals surface area contributed by atoms with Crippen LogP contribution in [0.1, 0.15) is 31.1 Å². The third-order valence-electron chi connectivity index (χ3n) is 4.32. The quantitative estimate of drug-likeness (QED) is 0.769. The number of hydrogen-bond acceptors (Lipinski definition) is 4. The summed E-state index contributed by atoms with van der Waals surface area (Å²) in [6, 6.07) is 5.44. The van der Waals surface area contributed by atoms with E-state index in [1.165, 1.54) is 0 Å². The molecular weight excluding hydrogens is 318 g/mol. The number of imidazole rings is 1. The van der Waals surface area contributed by atoms with E-state index in [0.29, 0.717) is 18.1 Å². The molecule has 3 aromatic heterocycles. The van der Waals surface area contributed by atoms with Gasteiger partial charge in [0, 0.05) is 25.1 Å². The first-order valence-corrected chi connectivity index (χ1v) is 8.34. The van der Waals surface area contributed by atoms with Gasteiger partial charge in [0.05, 0.1) is 24.1 Å². The molecule has 0 spiro atoms. The molecule has 4 rings (SSSR count). The number of nitrogens with zero attached hydrogens (tertiary/aromatic N) is 5. The Morgan fingerprint density at radius 2 is 2.20 bits per heavy atom. The second-order valence-electron chi connectivity index (χ2n) is 5.97. The first kappa shape index (κ1) is 15.4. The first-order chi connectivity index (χ1) is 12.3. The minimum Gasteiger partial charge on any atom is -0.347 e. The van der Waals surface area contributed by atoms with Crippen molar-refractivity contribution in [1.82, 2.24) is 29.6 Å². The highest BCUT2D eigenvalue weighted by molar-refractivity contribution is 5.89. The fraction of sp³-hybridized carbons (Fsp3) is 0.294. The summed E-state index contributed by atoms with van der Waals surface area (Å²) >= 11 is 0. The van der Waals surface area contributed by atoms with Crippen molar-refractivity contribution in [2.24, 2.45) is 0 Å². The fourth-order valence-electron chi connectivity index (χ4n) is 3.12. The number of anilines is 1. The van der Waals surface area contributed by atoms with Gasteiger partial charge in [-0.3, -0.25) is 0 Å². The van der Waals surface area contributed by atoms with Gasteiger partial charge in [0.25, 0.3) is 0 Å². The van der Waals surface area contributed by atoms with Crippen LogP contribution in [0.3, 0.4) is 0 Å². The summed E-state index contributed by atoms with van der Waals surface area (Å²) in [6.07, 6.45) is 11.6. The highest BCUT2D eigenvalue weighted by Crippen LogP contribution is 2.29. The molecule has 8 nitrogen and oxygen atoms in total. The Morgan fingerprint density at radius 3 is 3.00 bits per heavy atom. The number of likely N-dealkylation sites (tertiary alicyclic amines) is 1. The molecule has 0 saturated carbocycles. The number of pyridine rings is 1. The zero-order valence-electron chi connectivity index (χ0n) is 13.7. The monoisotopic (exact) mass is 337 g/mol. The highest BCUT2D eigenvalue weighted by atomic mass is 16.2. The Hall–Kier alpha value is -3.16. The van der Waals surface area contributed by atoms with Gasteiger partial charge in [-0.05, 0) is 31.4 Å². The van der Waals surface area contributed by atoms with Gasteiger partial charge < -0.3 is 15.2 Å². The fourth-order valence-corrected chi connectivity index (χ4v) is 3.12. The average Bonchev–Trinajstić information content (AvgIpc) is 3.34. The van der Waals surface area contributed by atoms with Gasteiger partial charge in [0.1, 0.15) is 5.82 Å². The van der Waals surface area contributed by atoms with Crippen molar-refractivity contribution in [3.8, 4) is 5.82 Å². The summed E-state index contributed by atoms with van der Waals surface area (Å²) in [7, 11) is 0. The van der Waals surface area contributed by atoms with Crippen LogP contribution in [0.15, 0.2) is 49.2 Å². The Kier molecular flexibility index (Phi) is 4.16. The van der Waals surface area contributed by atoms with Crippen molar-refractivity contribution >= 4 is 11.7 Å². The summed E-state index contributed by atoms with van der Waals surface area (Å²) < 4.78 is 1.63. The SMILES string of the molecule is O=C(Nc1cnn(-c2ccccn2)c1)N1CCCC[C@@H]1c1ncc[nH]1. The van der Waals surface area contributed by atoms with Gasteiger partial charge in [-0.25, -0.2) is 19.4 Å². The number of aromatic nitrogens is 5. The average molecular weight is 337 g/mol. The van der Waals surface area contributed by atoms with E-state index in [4.69, 9.17) is 0 Å². The summed E-state index contributed by atoms with van der Waals surface area (Å²) in [5, 5.41) is 7.18. The molecule has 1 atom stereocenters. The van der Waals surface area contributed by atoms with Crippen LogP contribution in [0, 0.1) is 0 Å². The second kappa shape index (κ2) is 6.76. The molecule has 8 heteroatoms. The molecule has 0 aromatic carbocycles. The molecule has 1 aliphatic heterocycles. The van der Waals surface area contributed by atoms with Crippen molar-refractivity contribution in [2.45, 2.75) is 25.3 Å². The van der Waals surface area contributed by atoms with E-state index in [1.54, 1.807) is 35.7 Å². The molecule has 0 radical (unpaired) electrons. The number of amides is 2. The van der Waals surface area contributed by atoms with Gasteiger partial charge in [-0.1, -0.05) is 6.07 Å². The van der Waals surface area contributed by atoms with E-state index in [2.05, 4.69) is 25.4 Å². The Balaban J connectivity index is 1.48. The molecule has 0 unspecified atom stereocenters. The molecule has 2 N–H and O–H groups in total. The molecule has 1 fully saturated rings. The molecule has 4 heterocycles. The minimum absolute atomic E-state index is 0.0189. The lowest BCUT2D eigenvalue weighted by atomic mass is 10.0. The van der Waals surface area contributed by atoms with Crippen molar-refractivity contribution in [2.75, 3.05) is 11.9 Å². The number of carbonyl (C=O) groups excluding carboxylic acids is 1. The molecule has 3 aromatic rings. The lowest BCUT2D eigenvalue weighted by molar-refractivity contribution is 0.160. The summed E-state index contributed by atoms with van der Waals surface area (Å²) in [5.74, 6) is 1.54. The smallest absolute Gasteiger partial charge is 0.322 e. The topological polar surface area (TPSA) is 91.7 Å². The number of piperidine rings is 1. The molecular formula is C17H19N7O. The van der Waals surface area contributed by atoms with Crippen LogP contribution >= 0.6 is 0 Å². The number of rotatable bonds is 3. The Labute approximate surface area is 144 Å². The third-order valence-corrected chi connectivity index (χ3v) is 4.32. The molecule has 128 valence electrons. The van der Waals surface area contributed by atoms with Crippen molar-refractivity contribution in [3.63, 3.8) is 0 Å². The summed E-state index contributed by atoms with van der Waals surface area (Å²) in [4.78, 5) is 26.3. The van der Waals surface area contributed by atoms with Crippen molar-refractivity contribution in [1.29, 1.82) is 0 Å². The largest absolute Gasteiger partial charge is 0.347 e. The predicted octanol–water partition coefficient (Wildman–Crippen LogP) is 2.75. The molecule has 0 aliphatic carbocycles. The molecule has 25 heavy (non-hydrogen) atoms. The Bertz CT molecular complexity index is 828. The highest BCUT2D eigenvalue weighted by Gasteiger charge is 2.29. The maximum absolute atomic E-state index is 12.7. The molecule has 0 bridgehead atoms. The molecule has 2 amide bonds. The normalized spacial score (nSPS) is 17.4. The minimum atomic E-state index is -0.137. The first-order valence-electron chi connectivity index (χ1n) is 8.34. The van der Waals surface area contributed by atoms with Crippen molar-refractivity contribution < 1.29 is 4.79 Å². The maximum atomic E-state index is 12.7. The number of urea groups is 1. The number of aromatic amines is 1. The lowest BCUT2D eigenvalue weighted by Crippen LogP contribution is -2.41. The lowest BCUT2D eigenvalue weighted by Gasteiger charge is -2.34. The van der Waals surface area contributed by atoms with Gasteiger partial charge in [-0.15, -0.1) is 0 Å². The Morgan fingerprint density at radius 1 is 1.24 bits per heavy atom. The van der Waals surface area contributed by atoms with Crippen LogP contribution in [0.4, 0.5) is 10.5 Å². The van der Waals surface area contributed by atoms with Crippen LogP contribution in [0.5, 0.6) is 0 Å². The van der Waals surface area contributed by atoms with Gasteiger partial charge in [0.15, 0.2) is 5.82 Å². The second-order valence-corrected chi connectivity index (χ2v) is 5.97. The van der Waals surface area contributed by atoms with Crippen LogP contribution in [-0.2, 0) is 0 Å². The van der Waals surface area contributed by atoms with E-state index >= 15 is 0 Å². The van der Waals surface area contributed by atoms with Gasteiger partial charge in [0.2, 0.25) is 0 Å². The van der Waals surface area contributed by atoms with Crippen LogP contribution < -0.4 is 5.32 Å². The zero-order chi connectivity index (χ0) is 17.1. The number of nitrogens with one attached hydrogen (secondary N) is 2. The van der Waals surface area contributed by atoms with E-state index in [9.17, 15) is 4.79 Å². The molecule has 1 aliphatic rings. The van der Waals surface area contributed by atoms with E-state index in [-0.39, 0.29) is 12.1 Å². The standard InChI is InChI=1S/C17H19N7O/c25-17(23-10-4-2-5-14(23)16-19-8-9-20-16)22-13-11-21-24(12-13)15-6-1-3-7-18-15/h1,3,6-9,11-12,14H,2,4-5,10H2,(H,19,20)(H,22,25)/t14-/m1/s1. The van der Waals surface area contributed by atoms with Crippen LogP contribution in [0.25, 0.3) is 5.82 Å². The zero-order valence-corrected chi connectivity index (χ0v) is 13.7. The predicted molar refractivity (Wildman–Crippen MR) is 92.3 cm³/mol. The number of hydrogen-bond donors (Lipinski definition) is 2. The number of H-pyrrole nitrogens is 1. The van der Waals surface area contributed by atoms with Crippen LogP contribution in [-0.4, -0.2) is 42.2 Å². The number of carbonyl (C=O) groups is 1. The van der Waals surface area contributed by atoms with E-state index in [1.807, 2.05) is 23.1 Å². The summed E-state index contributed by atoms with van der Waals surface area (Å²) in [5.41, 5.74) is 0.638. The van der Waals surface area contributed by atoms with E-state index in [0.717, 1.165) is 25.1 Å². The van der Waals surface area contributed by atoms with Gasteiger partial charge in [-0.2, -0.15) is 5.10 Å². The van der Waals surface area contributed by atoms with Crippen molar-refractivity contribution in [3.05, 3.63) is 55.0 Å². The van der Waals surface area contributed by atoms with E-state index < -0.39 is 0 Å². The third kappa shape index (κ3) is 3.23. The van der Waals surface area contributed by atoms with Crippen LogP contribution in [0.2, 0.25) is 0 Å². The summed E-state index contributed by atoms with van der Waals surface area (Å²) in [6.45, 7) is 0.714. The van der Waals surface area contributed by atoms with Gasteiger partial charge >= 0.3 is 6.03 Å². The molecule has 1 saturated heterocycles.